The van der Waals surface area contributed by atoms with Crippen molar-refractivity contribution in [3.05, 3.63) is 59.2 Å². The second-order valence-electron chi connectivity index (χ2n) is 5.16. The van der Waals surface area contributed by atoms with Gasteiger partial charge in [-0.3, -0.25) is 5.84 Å². The number of nitrogens with one attached hydrogen (secondary N) is 1. The van der Waals surface area contributed by atoms with Crippen molar-refractivity contribution in [2.45, 2.75) is 23.8 Å². The van der Waals surface area contributed by atoms with Gasteiger partial charge in [-0.2, -0.15) is 0 Å². The number of para-hydroxylation sites is 1. The topological polar surface area (TPSA) is 47.3 Å². The van der Waals surface area contributed by atoms with Gasteiger partial charge in [-0.25, -0.2) is 5.43 Å². The Bertz CT molecular complexity index is 613. The van der Waals surface area contributed by atoms with Gasteiger partial charge < -0.3 is 4.74 Å². The summed E-state index contributed by atoms with van der Waals surface area (Å²) in [5.41, 5.74) is 6.48. The molecular formula is C17H20N2OS. The number of fused-ring (bicyclic) bond motifs is 1. The number of hydrogen-bond acceptors (Lipinski definition) is 4. The smallest absolute Gasteiger partial charge is 0.127 e. The highest BCUT2D eigenvalue weighted by atomic mass is 32.2. The van der Waals surface area contributed by atoms with Crippen LogP contribution in [-0.2, 0) is 6.42 Å². The molecule has 0 aliphatic carbocycles. The molecule has 21 heavy (non-hydrogen) atoms. The Kier molecular flexibility index (Phi) is 4.48. The second-order valence-corrected chi connectivity index (χ2v) is 6.04. The van der Waals surface area contributed by atoms with Crippen LogP contribution >= 0.6 is 11.8 Å². The van der Waals surface area contributed by atoms with Crippen molar-refractivity contribution in [3.63, 3.8) is 0 Å². The Labute approximate surface area is 129 Å². The summed E-state index contributed by atoms with van der Waals surface area (Å²) in [6.07, 6.45) is 4.24. The lowest BCUT2D eigenvalue weighted by atomic mass is 9.94. The summed E-state index contributed by atoms with van der Waals surface area (Å²) < 4.78 is 5.90. The predicted octanol–water partition coefficient (Wildman–Crippen LogP) is 3.29. The van der Waals surface area contributed by atoms with Crippen LogP contribution in [0.4, 0.5) is 0 Å². The minimum absolute atomic E-state index is 0.0473. The molecule has 1 aliphatic heterocycles. The molecule has 1 atom stereocenters. The average molecular weight is 300 g/mol. The van der Waals surface area contributed by atoms with Gasteiger partial charge in [-0.15, -0.1) is 11.8 Å². The molecule has 0 fully saturated rings. The van der Waals surface area contributed by atoms with Gasteiger partial charge in [0.1, 0.15) is 5.75 Å². The molecule has 3 N–H and O–H groups in total. The SMILES string of the molecule is CSc1ccc(C(NN)c2cccc3c2OCCC3)cc1. The lowest BCUT2D eigenvalue weighted by Gasteiger charge is -2.25. The van der Waals surface area contributed by atoms with E-state index in [2.05, 4.69) is 54.1 Å². The van der Waals surface area contributed by atoms with Crippen LogP contribution in [-0.4, -0.2) is 12.9 Å². The Morgan fingerprint density at radius 3 is 2.71 bits per heavy atom. The van der Waals surface area contributed by atoms with Crippen LogP contribution in [0, 0.1) is 0 Å². The third-order valence-corrected chi connectivity index (χ3v) is 4.63. The van der Waals surface area contributed by atoms with E-state index in [0.29, 0.717) is 0 Å². The van der Waals surface area contributed by atoms with Crippen LogP contribution < -0.4 is 16.0 Å². The molecular weight excluding hydrogens is 280 g/mol. The van der Waals surface area contributed by atoms with Crippen LogP contribution in [0.5, 0.6) is 5.75 Å². The average Bonchev–Trinajstić information content (AvgIpc) is 2.56. The zero-order valence-corrected chi connectivity index (χ0v) is 13.0. The number of hydrogen-bond donors (Lipinski definition) is 2. The van der Waals surface area contributed by atoms with Crippen LogP contribution in [0.2, 0.25) is 0 Å². The number of thioether (sulfide) groups is 1. The molecule has 0 saturated heterocycles. The van der Waals surface area contributed by atoms with Gasteiger partial charge >= 0.3 is 0 Å². The van der Waals surface area contributed by atoms with Gasteiger partial charge in [0.15, 0.2) is 0 Å². The van der Waals surface area contributed by atoms with Crippen molar-refractivity contribution in [2.24, 2.45) is 5.84 Å². The lowest BCUT2D eigenvalue weighted by molar-refractivity contribution is 0.283. The quantitative estimate of drug-likeness (QED) is 0.517. The van der Waals surface area contributed by atoms with Gasteiger partial charge in [0, 0.05) is 10.5 Å². The Morgan fingerprint density at radius 1 is 1.19 bits per heavy atom. The van der Waals surface area contributed by atoms with Crippen molar-refractivity contribution in [2.75, 3.05) is 12.9 Å². The molecule has 2 aromatic carbocycles. The van der Waals surface area contributed by atoms with E-state index < -0.39 is 0 Å². The molecule has 0 radical (unpaired) electrons. The van der Waals surface area contributed by atoms with E-state index in [4.69, 9.17) is 10.6 Å². The van der Waals surface area contributed by atoms with Gasteiger partial charge in [0.2, 0.25) is 0 Å². The molecule has 0 amide bonds. The molecule has 2 aromatic rings. The zero-order valence-electron chi connectivity index (χ0n) is 12.1. The molecule has 3 rings (SSSR count). The van der Waals surface area contributed by atoms with Crippen LogP contribution in [0.25, 0.3) is 0 Å². The van der Waals surface area contributed by atoms with Crippen LogP contribution in [0.3, 0.4) is 0 Å². The Balaban J connectivity index is 1.99. The fourth-order valence-electron chi connectivity index (χ4n) is 2.80. The van der Waals surface area contributed by atoms with Gasteiger partial charge in [-0.1, -0.05) is 30.3 Å². The van der Waals surface area contributed by atoms with E-state index >= 15 is 0 Å². The van der Waals surface area contributed by atoms with E-state index in [1.807, 2.05) is 0 Å². The Morgan fingerprint density at radius 2 is 2.00 bits per heavy atom. The molecule has 1 heterocycles. The summed E-state index contributed by atoms with van der Waals surface area (Å²) >= 11 is 1.74. The van der Waals surface area contributed by atoms with Gasteiger partial charge in [-0.05, 0) is 42.4 Å². The van der Waals surface area contributed by atoms with Crippen molar-refractivity contribution >= 4 is 11.8 Å². The maximum atomic E-state index is 5.90. The van der Waals surface area contributed by atoms with E-state index in [9.17, 15) is 0 Å². The minimum atomic E-state index is -0.0473. The molecule has 0 spiro atoms. The summed E-state index contributed by atoms with van der Waals surface area (Å²) in [6, 6.07) is 14.8. The van der Waals surface area contributed by atoms with Crippen LogP contribution in [0.15, 0.2) is 47.4 Å². The van der Waals surface area contributed by atoms with E-state index in [1.165, 1.54) is 10.5 Å². The number of hydrazine groups is 1. The van der Waals surface area contributed by atoms with Gasteiger partial charge in [0.25, 0.3) is 0 Å². The standard InChI is InChI=1S/C17H20N2OS/c1-21-14-9-7-12(8-10-14)16(19-18)15-6-2-4-13-5-3-11-20-17(13)15/h2,4,6-10,16,19H,3,5,11,18H2,1H3. The van der Waals surface area contributed by atoms with E-state index in [0.717, 1.165) is 36.3 Å². The summed E-state index contributed by atoms with van der Waals surface area (Å²) in [7, 11) is 0. The highest BCUT2D eigenvalue weighted by molar-refractivity contribution is 7.98. The maximum absolute atomic E-state index is 5.90. The third-order valence-electron chi connectivity index (χ3n) is 3.89. The highest BCUT2D eigenvalue weighted by Gasteiger charge is 2.21. The zero-order chi connectivity index (χ0) is 14.7. The Hall–Kier alpha value is -1.49. The largest absolute Gasteiger partial charge is 0.493 e. The summed E-state index contributed by atoms with van der Waals surface area (Å²) in [5.74, 6) is 6.83. The first kappa shape index (κ1) is 14.4. The van der Waals surface area contributed by atoms with Crippen molar-refractivity contribution < 1.29 is 4.74 Å². The first-order valence-corrected chi connectivity index (χ1v) is 8.40. The molecule has 0 saturated carbocycles. The van der Waals surface area contributed by atoms with Crippen molar-refractivity contribution in [3.8, 4) is 5.75 Å². The van der Waals surface area contributed by atoms with Crippen molar-refractivity contribution in [1.82, 2.24) is 5.43 Å². The second kappa shape index (κ2) is 6.52. The molecule has 1 unspecified atom stereocenters. The fourth-order valence-corrected chi connectivity index (χ4v) is 3.21. The lowest BCUT2D eigenvalue weighted by Crippen LogP contribution is -2.29. The first-order valence-electron chi connectivity index (χ1n) is 7.18. The van der Waals surface area contributed by atoms with Crippen LogP contribution in [0.1, 0.15) is 29.2 Å². The minimum Gasteiger partial charge on any atom is -0.493 e. The molecule has 1 aliphatic rings. The molecule has 4 heteroatoms. The number of nitrogens with two attached hydrogens (primary N) is 1. The number of rotatable bonds is 4. The summed E-state index contributed by atoms with van der Waals surface area (Å²) in [4.78, 5) is 1.25. The number of benzene rings is 2. The van der Waals surface area contributed by atoms with E-state index in [1.54, 1.807) is 11.8 Å². The third kappa shape index (κ3) is 2.93. The highest BCUT2D eigenvalue weighted by Crippen LogP contribution is 2.35. The fraction of sp³-hybridized carbons (Fsp3) is 0.294. The monoisotopic (exact) mass is 300 g/mol. The molecule has 0 bridgehead atoms. The molecule has 0 aromatic heterocycles. The number of aryl methyl sites for hydroxylation is 1. The number of ether oxygens (including phenoxy) is 1. The predicted molar refractivity (Wildman–Crippen MR) is 87.6 cm³/mol. The first-order chi connectivity index (χ1) is 10.3. The summed E-state index contributed by atoms with van der Waals surface area (Å²) in [6.45, 7) is 0.784. The summed E-state index contributed by atoms with van der Waals surface area (Å²) in [5, 5.41) is 0. The van der Waals surface area contributed by atoms with Crippen molar-refractivity contribution in [1.29, 1.82) is 0 Å². The normalized spacial score (nSPS) is 15.1. The van der Waals surface area contributed by atoms with E-state index in [-0.39, 0.29) is 6.04 Å². The molecule has 3 nitrogen and oxygen atoms in total. The van der Waals surface area contributed by atoms with Gasteiger partial charge in [0.05, 0.1) is 12.6 Å². The molecule has 110 valence electrons. The maximum Gasteiger partial charge on any atom is 0.127 e.